The van der Waals surface area contributed by atoms with E-state index in [1.165, 1.54) is 32.1 Å². The van der Waals surface area contributed by atoms with Crippen molar-refractivity contribution >= 4 is 5.69 Å². The minimum atomic E-state index is 0.816. The standard InChI is InChI=1S/C16H22N4/c1-20-12-18-19-16(20)14-9-5-6-10-15(14)17-11-13-7-3-2-4-8-13/h5-6,9-10,12-13,17H,2-4,7-8,11H2,1H3. The quantitative estimate of drug-likeness (QED) is 0.925. The van der Waals surface area contributed by atoms with Crippen molar-refractivity contribution < 1.29 is 0 Å². The van der Waals surface area contributed by atoms with E-state index in [1.807, 2.05) is 11.6 Å². The van der Waals surface area contributed by atoms with E-state index in [0.29, 0.717) is 0 Å². The highest BCUT2D eigenvalue weighted by Gasteiger charge is 2.14. The highest BCUT2D eigenvalue weighted by Crippen LogP contribution is 2.28. The lowest BCUT2D eigenvalue weighted by Gasteiger charge is -2.23. The van der Waals surface area contributed by atoms with Crippen molar-refractivity contribution in [2.75, 3.05) is 11.9 Å². The molecular weight excluding hydrogens is 248 g/mol. The molecule has 0 unspecified atom stereocenters. The zero-order chi connectivity index (χ0) is 13.8. The molecule has 1 aliphatic carbocycles. The SMILES string of the molecule is Cn1cnnc1-c1ccccc1NCC1CCCCC1. The van der Waals surface area contributed by atoms with Crippen LogP contribution >= 0.6 is 0 Å². The van der Waals surface area contributed by atoms with Gasteiger partial charge in [-0.25, -0.2) is 0 Å². The molecule has 1 aromatic carbocycles. The Morgan fingerprint density at radius 2 is 2.00 bits per heavy atom. The molecule has 1 saturated carbocycles. The van der Waals surface area contributed by atoms with E-state index in [4.69, 9.17) is 0 Å². The van der Waals surface area contributed by atoms with Crippen LogP contribution in [-0.4, -0.2) is 21.3 Å². The van der Waals surface area contributed by atoms with Crippen LogP contribution in [0.2, 0.25) is 0 Å². The Kier molecular flexibility index (Phi) is 4.00. The molecule has 0 amide bonds. The largest absolute Gasteiger partial charge is 0.384 e. The van der Waals surface area contributed by atoms with Gasteiger partial charge in [0, 0.05) is 24.8 Å². The van der Waals surface area contributed by atoms with Gasteiger partial charge < -0.3 is 9.88 Å². The van der Waals surface area contributed by atoms with Crippen molar-refractivity contribution in [3.05, 3.63) is 30.6 Å². The molecule has 1 fully saturated rings. The van der Waals surface area contributed by atoms with Crippen molar-refractivity contribution in [3.63, 3.8) is 0 Å². The molecule has 1 heterocycles. The van der Waals surface area contributed by atoms with Gasteiger partial charge in [-0.15, -0.1) is 10.2 Å². The van der Waals surface area contributed by atoms with Crippen LogP contribution in [0.1, 0.15) is 32.1 Å². The van der Waals surface area contributed by atoms with Crippen LogP contribution in [0, 0.1) is 5.92 Å². The molecule has 4 heteroatoms. The topological polar surface area (TPSA) is 42.7 Å². The summed E-state index contributed by atoms with van der Waals surface area (Å²) in [6.07, 6.45) is 8.64. The van der Waals surface area contributed by atoms with E-state index < -0.39 is 0 Å². The van der Waals surface area contributed by atoms with E-state index in [2.05, 4.69) is 39.8 Å². The number of aromatic nitrogens is 3. The fourth-order valence-corrected chi connectivity index (χ4v) is 3.00. The summed E-state index contributed by atoms with van der Waals surface area (Å²) in [5.41, 5.74) is 2.29. The normalized spacial score (nSPS) is 16.2. The van der Waals surface area contributed by atoms with E-state index >= 15 is 0 Å². The van der Waals surface area contributed by atoms with Gasteiger partial charge >= 0.3 is 0 Å². The average Bonchev–Trinajstić information content (AvgIpc) is 2.92. The number of para-hydroxylation sites is 1. The van der Waals surface area contributed by atoms with Crippen LogP contribution in [0.3, 0.4) is 0 Å². The van der Waals surface area contributed by atoms with E-state index in [0.717, 1.165) is 29.5 Å². The zero-order valence-corrected chi connectivity index (χ0v) is 12.0. The molecule has 1 aromatic heterocycles. The second kappa shape index (κ2) is 6.07. The predicted octanol–water partition coefficient (Wildman–Crippen LogP) is 3.47. The number of benzene rings is 1. The molecule has 0 aliphatic heterocycles. The Morgan fingerprint density at radius 3 is 2.75 bits per heavy atom. The van der Waals surface area contributed by atoms with Crippen molar-refractivity contribution in [2.45, 2.75) is 32.1 Å². The number of rotatable bonds is 4. The molecule has 1 aliphatic rings. The first-order valence-corrected chi connectivity index (χ1v) is 7.52. The summed E-state index contributed by atoms with van der Waals surface area (Å²) >= 11 is 0. The summed E-state index contributed by atoms with van der Waals surface area (Å²) in [4.78, 5) is 0. The summed E-state index contributed by atoms with van der Waals surface area (Å²) in [6, 6.07) is 8.36. The highest BCUT2D eigenvalue weighted by molar-refractivity contribution is 5.73. The van der Waals surface area contributed by atoms with Crippen LogP contribution in [0.25, 0.3) is 11.4 Å². The molecular formula is C16H22N4. The number of aryl methyl sites for hydroxylation is 1. The minimum Gasteiger partial charge on any atom is -0.384 e. The number of anilines is 1. The predicted molar refractivity (Wildman–Crippen MR) is 81.5 cm³/mol. The van der Waals surface area contributed by atoms with Gasteiger partial charge in [0.05, 0.1) is 0 Å². The minimum absolute atomic E-state index is 0.816. The molecule has 0 saturated heterocycles. The first kappa shape index (κ1) is 13.2. The number of nitrogens with one attached hydrogen (secondary N) is 1. The van der Waals surface area contributed by atoms with Gasteiger partial charge in [-0.3, -0.25) is 0 Å². The van der Waals surface area contributed by atoms with Crippen LogP contribution < -0.4 is 5.32 Å². The van der Waals surface area contributed by atoms with E-state index in [1.54, 1.807) is 6.33 Å². The third-order valence-electron chi connectivity index (χ3n) is 4.19. The second-order valence-electron chi connectivity index (χ2n) is 5.70. The Labute approximate surface area is 120 Å². The Balaban J connectivity index is 1.74. The maximum atomic E-state index is 4.21. The summed E-state index contributed by atoms with van der Waals surface area (Å²) in [5, 5.41) is 11.8. The van der Waals surface area contributed by atoms with Gasteiger partial charge in [-0.2, -0.15) is 0 Å². The van der Waals surface area contributed by atoms with Crippen LogP contribution in [-0.2, 0) is 7.05 Å². The lowest BCUT2D eigenvalue weighted by molar-refractivity contribution is 0.373. The van der Waals surface area contributed by atoms with Crippen LogP contribution in [0.4, 0.5) is 5.69 Å². The average molecular weight is 270 g/mol. The summed E-state index contributed by atoms with van der Waals surface area (Å²) < 4.78 is 1.96. The lowest BCUT2D eigenvalue weighted by atomic mass is 9.89. The van der Waals surface area contributed by atoms with Crippen molar-refractivity contribution in [3.8, 4) is 11.4 Å². The maximum Gasteiger partial charge on any atom is 0.165 e. The molecule has 0 spiro atoms. The fourth-order valence-electron chi connectivity index (χ4n) is 3.00. The summed E-state index contributed by atoms with van der Waals surface area (Å²) in [5.74, 6) is 1.73. The summed E-state index contributed by atoms with van der Waals surface area (Å²) in [6.45, 7) is 1.06. The van der Waals surface area contributed by atoms with Gasteiger partial charge in [0.25, 0.3) is 0 Å². The van der Waals surface area contributed by atoms with Gasteiger partial charge in [0.2, 0.25) is 0 Å². The van der Waals surface area contributed by atoms with Gasteiger partial charge in [0.15, 0.2) is 5.82 Å². The molecule has 0 radical (unpaired) electrons. The van der Waals surface area contributed by atoms with Gasteiger partial charge in [0.1, 0.15) is 6.33 Å². The monoisotopic (exact) mass is 270 g/mol. The Bertz CT molecular complexity index is 555. The van der Waals surface area contributed by atoms with Crippen molar-refractivity contribution in [1.29, 1.82) is 0 Å². The smallest absolute Gasteiger partial charge is 0.165 e. The van der Waals surface area contributed by atoms with E-state index in [9.17, 15) is 0 Å². The molecule has 0 atom stereocenters. The molecule has 0 bridgehead atoms. The molecule has 4 nitrogen and oxygen atoms in total. The molecule has 3 rings (SSSR count). The number of hydrogen-bond donors (Lipinski definition) is 1. The summed E-state index contributed by atoms with van der Waals surface area (Å²) in [7, 11) is 1.98. The first-order valence-electron chi connectivity index (χ1n) is 7.52. The Morgan fingerprint density at radius 1 is 1.20 bits per heavy atom. The molecule has 106 valence electrons. The zero-order valence-electron chi connectivity index (χ0n) is 12.0. The Hall–Kier alpha value is -1.84. The van der Waals surface area contributed by atoms with E-state index in [-0.39, 0.29) is 0 Å². The third-order valence-corrected chi connectivity index (χ3v) is 4.19. The third kappa shape index (κ3) is 2.84. The fraction of sp³-hybridized carbons (Fsp3) is 0.500. The molecule has 20 heavy (non-hydrogen) atoms. The first-order chi connectivity index (χ1) is 9.84. The van der Waals surface area contributed by atoms with Gasteiger partial charge in [-0.1, -0.05) is 31.4 Å². The second-order valence-corrected chi connectivity index (χ2v) is 5.70. The molecule has 1 N–H and O–H groups in total. The highest BCUT2D eigenvalue weighted by atomic mass is 15.2. The van der Waals surface area contributed by atoms with Crippen molar-refractivity contribution in [2.24, 2.45) is 13.0 Å². The lowest BCUT2D eigenvalue weighted by Crippen LogP contribution is -2.17. The van der Waals surface area contributed by atoms with Crippen LogP contribution in [0.15, 0.2) is 30.6 Å². The maximum absolute atomic E-state index is 4.21. The molecule has 2 aromatic rings. The number of nitrogens with zero attached hydrogens (tertiary/aromatic N) is 3. The number of hydrogen-bond acceptors (Lipinski definition) is 3. The van der Waals surface area contributed by atoms with Gasteiger partial charge in [-0.05, 0) is 30.9 Å². The van der Waals surface area contributed by atoms with Crippen molar-refractivity contribution in [1.82, 2.24) is 14.8 Å². The van der Waals surface area contributed by atoms with Crippen LogP contribution in [0.5, 0.6) is 0 Å².